The molecule has 0 aliphatic heterocycles. The number of carbonyl (C=O) groups excluding carboxylic acids is 1. The highest BCUT2D eigenvalue weighted by Gasteiger charge is 2.33. The molecule has 0 unspecified atom stereocenters. The third kappa shape index (κ3) is 6.08. The van der Waals surface area contributed by atoms with Crippen LogP contribution in [0, 0.1) is 11.3 Å². The average molecular weight is 514 g/mol. The van der Waals surface area contributed by atoms with E-state index in [-0.39, 0.29) is 18.1 Å². The Morgan fingerprint density at radius 3 is 2.64 bits per heavy atom. The highest BCUT2D eigenvalue weighted by atomic mass is 35.5. The standard InChI is InChI=1S/C23H15ClF3N7O2/c24-19-5-4-16(9-18(19)23(25,26)27)33-22(35)32-15-2-1-3-17(8-15)36-21-10-20(29-13-30-21)14-11-31-34(12-14)7-6-28/h1-5,8-13H,7H2,(H2,32,33,35). The summed E-state index contributed by atoms with van der Waals surface area (Å²) in [5.41, 5.74) is 0.379. The zero-order valence-corrected chi connectivity index (χ0v) is 18.9. The van der Waals surface area contributed by atoms with Crippen LogP contribution in [0.25, 0.3) is 11.3 Å². The van der Waals surface area contributed by atoms with E-state index in [2.05, 4.69) is 25.7 Å². The second kappa shape index (κ2) is 10.3. The van der Waals surface area contributed by atoms with Crippen molar-refractivity contribution in [1.82, 2.24) is 19.7 Å². The van der Waals surface area contributed by atoms with Crippen LogP contribution >= 0.6 is 11.6 Å². The number of hydrogen-bond acceptors (Lipinski definition) is 6. The van der Waals surface area contributed by atoms with E-state index < -0.39 is 22.8 Å². The predicted molar refractivity (Wildman–Crippen MR) is 124 cm³/mol. The number of rotatable bonds is 6. The Labute approximate surface area is 207 Å². The molecule has 0 spiro atoms. The predicted octanol–water partition coefficient (Wildman–Crippen LogP) is 5.97. The number of amides is 2. The molecule has 13 heteroatoms. The Morgan fingerprint density at radius 1 is 1.11 bits per heavy atom. The molecule has 36 heavy (non-hydrogen) atoms. The van der Waals surface area contributed by atoms with Crippen LogP contribution in [-0.2, 0) is 12.7 Å². The summed E-state index contributed by atoms with van der Waals surface area (Å²) in [5.74, 6) is 0.555. The first-order chi connectivity index (χ1) is 17.2. The summed E-state index contributed by atoms with van der Waals surface area (Å²) in [7, 11) is 0. The maximum Gasteiger partial charge on any atom is 0.417 e. The van der Waals surface area contributed by atoms with Crippen molar-refractivity contribution < 1.29 is 22.7 Å². The summed E-state index contributed by atoms with van der Waals surface area (Å²) in [5, 5.41) is 17.2. The van der Waals surface area contributed by atoms with Gasteiger partial charge in [-0.2, -0.15) is 23.5 Å². The maximum absolute atomic E-state index is 13.0. The van der Waals surface area contributed by atoms with Crippen molar-refractivity contribution in [1.29, 1.82) is 5.26 Å². The molecular formula is C23H15ClF3N7O2. The first kappa shape index (κ1) is 24.5. The van der Waals surface area contributed by atoms with Crippen LogP contribution in [0.5, 0.6) is 11.6 Å². The molecule has 0 saturated carbocycles. The maximum atomic E-state index is 13.0. The van der Waals surface area contributed by atoms with Crippen LogP contribution in [0.3, 0.4) is 0 Å². The minimum Gasteiger partial charge on any atom is -0.439 e. The molecule has 0 aliphatic rings. The van der Waals surface area contributed by atoms with Gasteiger partial charge in [-0.15, -0.1) is 0 Å². The van der Waals surface area contributed by atoms with Crippen molar-refractivity contribution in [2.45, 2.75) is 12.7 Å². The van der Waals surface area contributed by atoms with Crippen LogP contribution < -0.4 is 15.4 Å². The van der Waals surface area contributed by atoms with E-state index in [0.29, 0.717) is 22.7 Å². The monoisotopic (exact) mass is 513 g/mol. The quantitative estimate of drug-likeness (QED) is 0.328. The first-order valence-corrected chi connectivity index (χ1v) is 10.5. The van der Waals surface area contributed by atoms with E-state index in [1.807, 2.05) is 6.07 Å². The number of alkyl halides is 3. The molecular weight excluding hydrogens is 499 g/mol. The van der Waals surface area contributed by atoms with E-state index in [1.165, 1.54) is 23.1 Å². The van der Waals surface area contributed by atoms with E-state index in [9.17, 15) is 18.0 Å². The van der Waals surface area contributed by atoms with Crippen molar-refractivity contribution >= 4 is 29.0 Å². The molecule has 0 bridgehead atoms. The number of halogens is 4. The number of nitrogens with zero attached hydrogens (tertiary/aromatic N) is 5. The molecule has 0 aliphatic carbocycles. The molecule has 2 amide bonds. The largest absolute Gasteiger partial charge is 0.439 e. The molecule has 4 rings (SSSR count). The van der Waals surface area contributed by atoms with Gasteiger partial charge in [-0.3, -0.25) is 4.68 Å². The number of nitriles is 1. The van der Waals surface area contributed by atoms with Crippen LogP contribution in [-0.4, -0.2) is 25.8 Å². The molecule has 0 fully saturated rings. The Balaban J connectivity index is 1.43. The van der Waals surface area contributed by atoms with Crippen LogP contribution in [0.4, 0.5) is 29.3 Å². The van der Waals surface area contributed by atoms with Gasteiger partial charge in [0.25, 0.3) is 0 Å². The van der Waals surface area contributed by atoms with Crippen molar-refractivity contribution in [2.24, 2.45) is 0 Å². The number of ether oxygens (including phenoxy) is 1. The zero-order valence-electron chi connectivity index (χ0n) is 18.1. The number of urea groups is 1. The van der Waals surface area contributed by atoms with Gasteiger partial charge in [0.15, 0.2) is 0 Å². The lowest BCUT2D eigenvalue weighted by atomic mass is 10.2. The zero-order chi connectivity index (χ0) is 25.7. The second-order valence-corrected chi connectivity index (χ2v) is 7.63. The Kier molecular flexibility index (Phi) is 7.03. The third-order valence-corrected chi connectivity index (χ3v) is 4.98. The van der Waals surface area contributed by atoms with E-state index in [4.69, 9.17) is 21.6 Å². The van der Waals surface area contributed by atoms with Gasteiger partial charge in [-0.1, -0.05) is 17.7 Å². The summed E-state index contributed by atoms with van der Waals surface area (Å²) in [6.45, 7) is 0.101. The van der Waals surface area contributed by atoms with Crippen LogP contribution in [0.1, 0.15) is 5.56 Å². The molecule has 0 atom stereocenters. The van der Waals surface area contributed by atoms with Gasteiger partial charge in [-0.05, 0) is 30.3 Å². The van der Waals surface area contributed by atoms with Gasteiger partial charge in [-0.25, -0.2) is 14.8 Å². The number of benzene rings is 2. The van der Waals surface area contributed by atoms with Crippen molar-refractivity contribution in [3.63, 3.8) is 0 Å². The fourth-order valence-corrected chi connectivity index (χ4v) is 3.30. The molecule has 0 radical (unpaired) electrons. The number of carbonyl (C=O) groups is 1. The Bertz CT molecular complexity index is 1450. The average Bonchev–Trinajstić information content (AvgIpc) is 3.29. The molecule has 182 valence electrons. The van der Waals surface area contributed by atoms with Gasteiger partial charge < -0.3 is 15.4 Å². The van der Waals surface area contributed by atoms with Crippen molar-refractivity contribution in [3.8, 4) is 29.0 Å². The molecule has 2 N–H and O–H groups in total. The second-order valence-electron chi connectivity index (χ2n) is 7.23. The summed E-state index contributed by atoms with van der Waals surface area (Å²) >= 11 is 5.60. The Hall–Kier alpha value is -4.63. The normalized spacial score (nSPS) is 11.0. The summed E-state index contributed by atoms with van der Waals surface area (Å²) in [6, 6.07) is 12.2. The fraction of sp³-hybridized carbons (Fsp3) is 0.0870. The third-order valence-electron chi connectivity index (χ3n) is 4.65. The van der Waals surface area contributed by atoms with Gasteiger partial charge in [0, 0.05) is 35.3 Å². The van der Waals surface area contributed by atoms with Crippen LogP contribution in [0.15, 0.2) is 67.3 Å². The highest BCUT2D eigenvalue weighted by Crippen LogP contribution is 2.36. The summed E-state index contributed by atoms with van der Waals surface area (Å²) < 4.78 is 46.3. The summed E-state index contributed by atoms with van der Waals surface area (Å²) in [4.78, 5) is 20.6. The SMILES string of the molecule is N#CCn1cc(-c2cc(Oc3cccc(NC(=O)Nc4ccc(Cl)c(C(F)(F)F)c4)c3)ncn2)cn1. The van der Waals surface area contributed by atoms with Gasteiger partial charge in [0.05, 0.1) is 28.5 Å². The highest BCUT2D eigenvalue weighted by molar-refractivity contribution is 6.31. The van der Waals surface area contributed by atoms with Crippen molar-refractivity contribution in [3.05, 3.63) is 77.8 Å². The van der Waals surface area contributed by atoms with Crippen molar-refractivity contribution in [2.75, 3.05) is 10.6 Å². The van der Waals surface area contributed by atoms with E-state index in [0.717, 1.165) is 12.1 Å². The number of nitrogens with one attached hydrogen (secondary N) is 2. The first-order valence-electron chi connectivity index (χ1n) is 10.2. The minimum atomic E-state index is -4.66. The topological polar surface area (TPSA) is 118 Å². The van der Waals surface area contributed by atoms with Gasteiger partial charge in [0.1, 0.15) is 18.6 Å². The molecule has 2 aromatic heterocycles. The molecule has 4 aromatic rings. The lowest BCUT2D eigenvalue weighted by molar-refractivity contribution is -0.137. The van der Waals surface area contributed by atoms with Crippen LogP contribution in [0.2, 0.25) is 5.02 Å². The number of aromatic nitrogens is 4. The van der Waals surface area contributed by atoms with E-state index >= 15 is 0 Å². The molecule has 2 heterocycles. The molecule has 2 aromatic carbocycles. The lowest BCUT2D eigenvalue weighted by Crippen LogP contribution is -2.20. The number of anilines is 2. The molecule has 0 saturated heterocycles. The Morgan fingerprint density at radius 2 is 1.89 bits per heavy atom. The smallest absolute Gasteiger partial charge is 0.417 e. The minimum absolute atomic E-state index is 0.0803. The van der Waals surface area contributed by atoms with E-state index in [1.54, 1.807) is 36.7 Å². The molecule has 9 nitrogen and oxygen atoms in total. The summed E-state index contributed by atoms with van der Waals surface area (Å²) in [6.07, 6.45) is -0.125. The van der Waals surface area contributed by atoms with Gasteiger partial charge >= 0.3 is 12.2 Å². The lowest BCUT2D eigenvalue weighted by Gasteiger charge is -2.13. The van der Waals surface area contributed by atoms with Gasteiger partial charge in [0.2, 0.25) is 5.88 Å². The number of hydrogen-bond donors (Lipinski definition) is 2. The fourth-order valence-electron chi connectivity index (χ4n) is 3.08.